The van der Waals surface area contributed by atoms with Crippen molar-refractivity contribution in [3.63, 3.8) is 0 Å². The molecule has 0 saturated carbocycles. The van der Waals surface area contributed by atoms with Crippen LogP contribution in [0.4, 0.5) is 13.2 Å². The number of halogens is 4. The molecule has 7 nitrogen and oxygen atoms in total. The van der Waals surface area contributed by atoms with Crippen molar-refractivity contribution < 1.29 is 41.3 Å². The van der Waals surface area contributed by atoms with E-state index >= 15 is 0 Å². The molecule has 158 valence electrons. The van der Waals surface area contributed by atoms with Crippen LogP contribution in [0.3, 0.4) is 0 Å². The minimum absolute atomic E-state index is 0.112. The minimum Gasteiger partial charge on any atom is -0.507 e. The average Bonchev–Trinajstić information content (AvgIpc) is 2.61. The number of pyridine rings is 1. The molecule has 3 aromatic rings. The average molecular weight is 506 g/mol. The van der Waals surface area contributed by atoms with Crippen molar-refractivity contribution in [1.82, 2.24) is 4.98 Å². The summed E-state index contributed by atoms with van der Waals surface area (Å²) in [6.07, 6.45) is -3.78. The lowest BCUT2D eigenvalue weighted by molar-refractivity contribution is -0.274. The molecule has 0 aliphatic carbocycles. The second-order valence-electron chi connectivity index (χ2n) is 6.07. The molecule has 0 aliphatic rings. The van der Waals surface area contributed by atoms with Gasteiger partial charge in [0.25, 0.3) is 0 Å². The normalized spacial score (nSPS) is 12.1. The van der Waals surface area contributed by atoms with E-state index in [0.717, 1.165) is 0 Å². The highest BCUT2D eigenvalue weighted by molar-refractivity contribution is 9.10. The molecule has 1 heterocycles. The lowest BCUT2D eigenvalue weighted by Crippen LogP contribution is -2.18. The van der Waals surface area contributed by atoms with Crippen LogP contribution >= 0.6 is 15.9 Å². The zero-order valence-electron chi connectivity index (χ0n) is 14.6. The van der Waals surface area contributed by atoms with E-state index in [4.69, 9.17) is 5.11 Å². The third-order valence-electron chi connectivity index (χ3n) is 3.94. The minimum atomic E-state index is -5.15. The predicted octanol–water partition coefficient (Wildman–Crippen LogP) is 4.27. The highest BCUT2D eigenvalue weighted by Gasteiger charge is 2.33. The van der Waals surface area contributed by atoms with Crippen LogP contribution in [-0.4, -0.2) is 35.9 Å². The standard InChI is InChI=1S/C18H11BrF3NO6S/c19-11-4-9-2-1-3-23-15(9)14(6-11)30(27,28)8-10-5-12(29-18(20,21)22)7-13(16(10)24)17(25)26/h1-7,24H,8H2,(H,25,26). The molecule has 3 rings (SSSR count). The third kappa shape index (κ3) is 4.65. The summed E-state index contributed by atoms with van der Waals surface area (Å²) < 4.78 is 67.8. The van der Waals surface area contributed by atoms with Gasteiger partial charge in [-0.15, -0.1) is 13.2 Å². The molecular weight excluding hydrogens is 495 g/mol. The number of carboxylic acid groups (broad SMARTS) is 1. The van der Waals surface area contributed by atoms with E-state index < -0.39 is 50.5 Å². The van der Waals surface area contributed by atoms with Crippen LogP contribution in [0.1, 0.15) is 15.9 Å². The largest absolute Gasteiger partial charge is 0.573 e. The molecule has 12 heteroatoms. The van der Waals surface area contributed by atoms with Crippen molar-refractivity contribution in [2.45, 2.75) is 17.0 Å². The number of aromatic carboxylic acids is 1. The number of benzene rings is 2. The van der Waals surface area contributed by atoms with Crippen molar-refractivity contribution in [3.05, 3.63) is 58.2 Å². The summed E-state index contributed by atoms with van der Waals surface area (Å²) in [7, 11) is -4.27. The Labute approximate surface area is 175 Å². The Bertz CT molecular complexity index is 1260. The quantitative estimate of drug-likeness (QED) is 0.531. The molecule has 0 unspecified atom stereocenters. The van der Waals surface area contributed by atoms with Crippen LogP contribution < -0.4 is 4.74 Å². The molecule has 0 saturated heterocycles. The van der Waals surface area contributed by atoms with Gasteiger partial charge in [0.2, 0.25) is 0 Å². The van der Waals surface area contributed by atoms with Crippen molar-refractivity contribution in [3.8, 4) is 11.5 Å². The zero-order chi connectivity index (χ0) is 22.3. The van der Waals surface area contributed by atoms with Crippen LogP contribution in [0.15, 0.2) is 52.0 Å². The molecule has 2 N–H and O–H groups in total. The Morgan fingerprint density at radius 3 is 2.53 bits per heavy atom. The van der Waals surface area contributed by atoms with E-state index in [1.165, 1.54) is 12.3 Å². The molecule has 0 spiro atoms. The van der Waals surface area contributed by atoms with Crippen LogP contribution in [0.5, 0.6) is 11.5 Å². The van der Waals surface area contributed by atoms with E-state index in [2.05, 4.69) is 25.7 Å². The van der Waals surface area contributed by atoms with Gasteiger partial charge in [-0.25, -0.2) is 13.2 Å². The van der Waals surface area contributed by atoms with Gasteiger partial charge >= 0.3 is 12.3 Å². The van der Waals surface area contributed by atoms with E-state index in [-0.39, 0.29) is 10.4 Å². The van der Waals surface area contributed by atoms with Gasteiger partial charge in [-0.3, -0.25) is 4.98 Å². The van der Waals surface area contributed by atoms with Gasteiger partial charge in [-0.1, -0.05) is 22.0 Å². The topological polar surface area (TPSA) is 114 Å². The summed E-state index contributed by atoms with van der Waals surface area (Å²) in [6.45, 7) is 0. The molecule has 1 aromatic heterocycles. The Hall–Kier alpha value is -2.86. The van der Waals surface area contributed by atoms with E-state index in [1.807, 2.05) is 0 Å². The molecule has 0 radical (unpaired) electrons. The van der Waals surface area contributed by atoms with Crippen LogP contribution in [0.25, 0.3) is 10.9 Å². The third-order valence-corrected chi connectivity index (χ3v) is 6.07. The number of alkyl halides is 3. The number of carboxylic acids is 1. The van der Waals surface area contributed by atoms with Gasteiger partial charge in [0.05, 0.1) is 16.2 Å². The summed E-state index contributed by atoms with van der Waals surface area (Å²) >= 11 is 3.19. The number of aromatic nitrogens is 1. The van der Waals surface area contributed by atoms with E-state index in [0.29, 0.717) is 22.0 Å². The fraction of sp³-hybridized carbons (Fsp3) is 0.111. The molecule has 0 amide bonds. The fourth-order valence-corrected chi connectivity index (χ4v) is 4.96. The second kappa shape index (κ2) is 7.76. The maximum absolute atomic E-state index is 13.0. The van der Waals surface area contributed by atoms with Crippen molar-refractivity contribution >= 4 is 42.6 Å². The summed E-state index contributed by atoms with van der Waals surface area (Å²) in [5, 5.41) is 19.8. The number of aromatic hydroxyl groups is 1. The Kier molecular flexibility index (Phi) is 5.65. The van der Waals surface area contributed by atoms with Gasteiger partial charge < -0.3 is 14.9 Å². The number of phenols is 1. The first kappa shape index (κ1) is 21.8. The van der Waals surface area contributed by atoms with Gasteiger partial charge in [-0.05, 0) is 30.3 Å². The van der Waals surface area contributed by atoms with Crippen LogP contribution in [-0.2, 0) is 15.6 Å². The smallest absolute Gasteiger partial charge is 0.507 e. The number of hydrogen-bond donors (Lipinski definition) is 2. The predicted molar refractivity (Wildman–Crippen MR) is 102 cm³/mol. The highest BCUT2D eigenvalue weighted by Crippen LogP contribution is 2.35. The SMILES string of the molecule is O=C(O)c1cc(OC(F)(F)F)cc(CS(=O)(=O)c2cc(Br)cc3cccnc23)c1O. The van der Waals surface area contributed by atoms with Crippen LogP contribution in [0, 0.1) is 0 Å². The number of fused-ring (bicyclic) bond motifs is 1. The van der Waals surface area contributed by atoms with Gasteiger partial charge in [0.1, 0.15) is 17.1 Å². The Morgan fingerprint density at radius 2 is 1.90 bits per heavy atom. The number of ether oxygens (including phenoxy) is 1. The first-order valence-corrected chi connectivity index (χ1v) is 10.4. The first-order chi connectivity index (χ1) is 13.9. The number of hydrogen-bond acceptors (Lipinski definition) is 6. The molecule has 0 aliphatic heterocycles. The van der Waals surface area contributed by atoms with Crippen LogP contribution in [0.2, 0.25) is 0 Å². The van der Waals surface area contributed by atoms with Crippen molar-refractivity contribution in [2.24, 2.45) is 0 Å². The first-order valence-electron chi connectivity index (χ1n) is 7.99. The van der Waals surface area contributed by atoms with E-state index in [9.17, 15) is 31.5 Å². The summed E-state index contributed by atoms with van der Waals surface area (Å²) in [6, 6.07) is 7.17. The maximum atomic E-state index is 13.0. The molecule has 0 bridgehead atoms. The summed E-state index contributed by atoms with van der Waals surface area (Å²) in [5.74, 6) is -4.70. The zero-order valence-corrected chi connectivity index (χ0v) is 17.0. The number of carbonyl (C=O) groups is 1. The molecule has 0 atom stereocenters. The molecular formula is C18H11BrF3NO6S. The van der Waals surface area contributed by atoms with Gasteiger partial charge in [-0.2, -0.15) is 0 Å². The Morgan fingerprint density at radius 1 is 1.20 bits per heavy atom. The van der Waals surface area contributed by atoms with Crippen molar-refractivity contribution in [1.29, 1.82) is 0 Å². The van der Waals surface area contributed by atoms with Crippen molar-refractivity contribution in [2.75, 3.05) is 0 Å². The fourth-order valence-electron chi connectivity index (χ4n) is 2.77. The lowest BCUT2D eigenvalue weighted by atomic mass is 10.1. The molecule has 0 fully saturated rings. The number of sulfone groups is 1. The summed E-state index contributed by atoms with van der Waals surface area (Å²) in [4.78, 5) is 15.1. The van der Waals surface area contributed by atoms with Gasteiger partial charge in [0, 0.05) is 21.6 Å². The molecule has 30 heavy (non-hydrogen) atoms. The monoisotopic (exact) mass is 505 g/mol. The van der Waals surface area contributed by atoms with Gasteiger partial charge in [0.15, 0.2) is 9.84 Å². The number of rotatable bonds is 5. The lowest BCUT2D eigenvalue weighted by Gasteiger charge is -2.14. The number of nitrogens with zero attached hydrogens (tertiary/aromatic N) is 1. The molecule has 2 aromatic carbocycles. The Balaban J connectivity index is 2.15. The highest BCUT2D eigenvalue weighted by atomic mass is 79.9. The second-order valence-corrected chi connectivity index (χ2v) is 8.94. The van der Waals surface area contributed by atoms with E-state index in [1.54, 1.807) is 18.2 Å². The maximum Gasteiger partial charge on any atom is 0.573 e. The summed E-state index contributed by atoms with van der Waals surface area (Å²) in [5.41, 5.74) is -1.39.